The Hall–Kier alpha value is -0.0800. The molecule has 0 radical (unpaired) electrons. The third kappa shape index (κ3) is 3.11. The van der Waals surface area contributed by atoms with E-state index in [1.807, 2.05) is 0 Å². The topological polar surface area (TPSA) is 21.3 Å². The second-order valence-electron chi connectivity index (χ2n) is 4.05. The van der Waals surface area contributed by atoms with E-state index >= 15 is 0 Å². The average Bonchev–Trinajstić information content (AvgIpc) is 2.80. The number of methoxy groups -OCH3 is 1. The average molecular weight is 171 g/mol. The summed E-state index contributed by atoms with van der Waals surface area (Å²) in [5.74, 6) is 1.70. The molecule has 0 aliphatic heterocycles. The minimum absolute atomic E-state index is 0.722. The largest absolute Gasteiger partial charge is 0.383 e. The molecule has 0 heterocycles. The minimum Gasteiger partial charge on any atom is -0.383 e. The molecule has 1 aliphatic carbocycles. The molecule has 1 fully saturated rings. The SMILES string of the molecule is COCCNC(C(C)C)C1CC1. The Balaban J connectivity index is 2.14. The summed E-state index contributed by atoms with van der Waals surface area (Å²) in [5, 5.41) is 3.56. The molecular formula is C10H21NO. The van der Waals surface area contributed by atoms with Crippen LogP contribution >= 0.6 is 0 Å². The van der Waals surface area contributed by atoms with Crippen LogP contribution in [0.4, 0.5) is 0 Å². The van der Waals surface area contributed by atoms with E-state index in [1.165, 1.54) is 12.8 Å². The summed E-state index contributed by atoms with van der Waals surface area (Å²) in [4.78, 5) is 0. The van der Waals surface area contributed by atoms with E-state index in [1.54, 1.807) is 7.11 Å². The zero-order valence-electron chi connectivity index (χ0n) is 8.47. The fourth-order valence-electron chi connectivity index (χ4n) is 1.73. The van der Waals surface area contributed by atoms with E-state index in [9.17, 15) is 0 Å². The summed E-state index contributed by atoms with van der Waals surface area (Å²) in [6.07, 6.45) is 2.84. The van der Waals surface area contributed by atoms with Crippen molar-refractivity contribution in [3.63, 3.8) is 0 Å². The second-order valence-corrected chi connectivity index (χ2v) is 4.05. The lowest BCUT2D eigenvalue weighted by atomic mass is 10.00. The first-order valence-corrected chi connectivity index (χ1v) is 4.98. The van der Waals surface area contributed by atoms with Gasteiger partial charge in [-0.05, 0) is 24.7 Å². The standard InChI is InChI=1S/C10H21NO/c1-8(2)10(9-4-5-9)11-6-7-12-3/h8-11H,4-7H2,1-3H3. The molecule has 0 saturated heterocycles. The number of nitrogens with one attached hydrogen (secondary N) is 1. The summed E-state index contributed by atoms with van der Waals surface area (Å²) in [6.45, 7) is 6.41. The zero-order chi connectivity index (χ0) is 8.97. The second kappa shape index (κ2) is 4.83. The van der Waals surface area contributed by atoms with Crippen LogP contribution in [0.25, 0.3) is 0 Å². The summed E-state index contributed by atoms with van der Waals surface area (Å²) in [7, 11) is 1.75. The minimum atomic E-state index is 0.722. The van der Waals surface area contributed by atoms with E-state index in [2.05, 4.69) is 19.2 Å². The van der Waals surface area contributed by atoms with Gasteiger partial charge in [0.05, 0.1) is 6.61 Å². The monoisotopic (exact) mass is 171 g/mol. The fourth-order valence-corrected chi connectivity index (χ4v) is 1.73. The van der Waals surface area contributed by atoms with Crippen molar-refractivity contribution in [1.82, 2.24) is 5.32 Å². The number of ether oxygens (including phenoxy) is 1. The van der Waals surface area contributed by atoms with Crippen LogP contribution in [0, 0.1) is 11.8 Å². The molecule has 1 N–H and O–H groups in total. The Morgan fingerprint density at radius 2 is 2.08 bits per heavy atom. The molecular weight excluding hydrogens is 150 g/mol. The maximum Gasteiger partial charge on any atom is 0.0587 e. The Labute approximate surface area is 75.7 Å². The smallest absolute Gasteiger partial charge is 0.0587 e. The predicted octanol–water partition coefficient (Wildman–Crippen LogP) is 1.66. The van der Waals surface area contributed by atoms with E-state index in [4.69, 9.17) is 4.74 Å². The van der Waals surface area contributed by atoms with Crippen LogP contribution in [0.5, 0.6) is 0 Å². The van der Waals surface area contributed by atoms with Crippen LogP contribution in [0.15, 0.2) is 0 Å². The van der Waals surface area contributed by atoms with Gasteiger partial charge in [-0.25, -0.2) is 0 Å². The highest BCUT2D eigenvalue weighted by Crippen LogP contribution is 2.35. The molecule has 12 heavy (non-hydrogen) atoms. The molecule has 2 nitrogen and oxygen atoms in total. The molecule has 72 valence electrons. The van der Waals surface area contributed by atoms with E-state index in [0.717, 1.165) is 31.0 Å². The van der Waals surface area contributed by atoms with Crippen LogP contribution in [-0.4, -0.2) is 26.3 Å². The molecule has 0 aromatic heterocycles. The van der Waals surface area contributed by atoms with Crippen molar-refractivity contribution < 1.29 is 4.74 Å². The Morgan fingerprint density at radius 3 is 2.50 bits per heavy atom. The van der Waals surface area contributed by atoms with Gasteiger partial charge in [-0.1, -0.05) is 13.8 Å². The lowest BCUT2D eigenvalue weighted by Gasteiger charge is -2.21. The van der Waals surface area contributed by atoms with Crippen LogP contribution in [0.2, 0.25) is 0 Å². The first-order valence-electron chi connectivity index (χ1n) is 4.98. The molecule has 0 spiro atoms. The molecule has 0 amide bonds. The predicted molar refractivity (Wildman–Crippen MR) is 51.2 cm³/mol. The van der Waals surface area contributed by atoms with Crippen molar-refractivity contribution in [3.05, 3.63) is 0 Å². The molecule has 1 aliphatic rings. The normalized spacial score (nSPS) is 20.0. The number of hydrogen-bond donors (Lipinski definition) is 1. The van der Waals surface area contributed by atoms with Gasteiger partial charge < -0.3 is 10.1 Å². The highest BCUT2D eigenvalue weighted by Gasteiger charge is 2.32. The van der Waals surface area contributed by atoms with Crippen LogP contribution in [0.3, 0.4) is 0 Å². The van der Waals surface area contributed by atoms with Gasteiger partial charge >= 0.3 is 0 Å². The van der Waals surface area contributed by atoms with Gasteiger partial charge in [0.2, 0.25) is 0 Å². The van der Waals surface area contributed by atoms with Gasteiger partial charge in [0.1, 0.15) is 0 Å². The van der Waals surface area contributed by atoms with Crippen molar-refractivity contribution in [2.24, 2.45) is 11.8 Å². The highest BCUT2D eigenvalue weighted by molar-refractivity contribution is 4.88. The van der Waals surface area contributed by atoms with Gasteiger partial charge in [-0.2, -0.15) is 0 Å². The highest BCUT2D eigenvalue weighted by atomic mass is 16.5. The summed E-state index contributed by atoms with van der Waals surface area (Å²) in [6, 6.07) is 0.722. The van der Waals surface area contributed by atoms with Crippen molar-refractivity contribution in [1.29, 1.82) is 0 Å². The Bertz CT molecular complexity index is 119. The summed E-state index contributed by atoms with van der Waals surface area (Å²) < 4.78 is 5.01. The van der Waals surface area contributed by atoms with Crippen LogP contribution in [0.1, 0.15) is 26.7 Å². The summed E-state index contributed by atoms with van der Waals surface area (Å²) >= 11 is 0. The first kappa shape index (κ1) is 10.0. The van der Waals surface area contributed by atoms with Gasteiger partial charge in [0.25, 0.3) is 0 Å². The van der Waals surface area contributed by atoms with Gasteiger partial charge in [0.15, 0.2) is 0 Å². The lowest BCUT2D eigenvalue weighted by Crippen LogP contribution is -2.37. The molecule has 0 aromatic carbocycles. The Morgan fingerprint density at radius 1 is 1.42 bits per heavy atom. The first-order chi connectivity index (χ1) is 5.75. The fraction of sp³-hybridized carbons (Fsp3) is 1.00. The van der Waals surface area contributed by atoms with E-state index < -0.39 is 0 Å². The third-order valence-electron chi connectivity index (χ3n) is 2.53. The van der Waals surface area contributed by atoms with Crippen molar-refractivity contribution in [2.75, 3.05) is 20.3 Å². The molecule has 1 atom stereocenters. The van der Waals surface area contributed by atoms with Crippen LogP contribution < -0.4 is 5.32 Å². The zero-order valence-corrected chi connectivity index (χ0v) is 8.47. The number of hydrogen-bond acceptors (Lipinski definition) is 2. The maximum absolute atomic E-state index is 5.01. The van der Waals surface area contributed by atoms with Crippen molar-refractivity contribution in [3.8, 4) is 0 Å². The molecule has 1 saturated carbocycles. The Kier molecular flexibility index (Phi) is 4.02. The molecule has 1 unspecified atom stereocenters. The molecule has 0 aromatic rings. The third-order valence-corrected chi connectivity index (χ3v) is 2.53. The maximum atomic E-state index is 5.01. The quantitative estimate of drug-likeness (QED) is 0.614. The van der Waals surface area contributed by atoms with Crippen LogP contribution in [-0.2, 0) is 4.74 Å². The summed E-state index contributed by atoms with van der Waals surface area (Å²) in [5.41, 5.74) is 0. The van der Waals surface area contributed by atoms with E-state index in [0.29, 0.717) is 0 Å². The van der Waals surface area contributed by atoms with Gasteiger partial charge in [-0.3, -0.25) is 0 Å². The van der Waals surface area contributed by atoms with Crippen molar-refractivity contribution >= 4 is 0 Å². The van der Waals surface area contributed by atoms with Crippen molar-refractivity contribution in [2.45, 2.75) is 32.7 Å². The van der Waals surface area contributed by atoms with Gasteiger partial charge in [0, 0.05) is 19.7 Å². The number of rotatable bonds is 6. The molecule has 2 heteroatoms. The van der Waals surface area contributed by atoms with E-state index in [-0.39, 0.29) is 0 Å². The molecule has 1 rings (SSSR count). The molecule has 0 bridgehead atoms. The van der Waals surface area contributed by atoms with Gasteiger partial charge in [-0.15, -0.1) is 0 Å². The lowest BCUT2D eigenvalue weighted by molar-refractivity contribution is 0.189.